The summed E-state index contributed by atoms with van der Waals surface area (Å²) in [5.74, 6) is 0.759. The molecule has 3 fully saturated rings. The van der Waals surface area contributed by atoms with E-state index in [9.17, 15) is 18.0 Å². The first-order chi connectivity index (χ1) is 14.8. The molecule has 0 bridgehead atoms. The number of amides is 2. The van der Waals surface area contributed by atoms with Gasteiger partial charge in [-0.1, -0.05) is 6.92 Å². The second-order valence-corrected chi connectivity index (χ2v) is 11.9. The highest BCUT2D eigenvalue weighted by atomic mass is 32.2. The third kappa shape index (κ3) is 6.42. The van der Waals surface area contributed by atoms with Gasteiger partial charge in [-0.05, 0) is 64.2 Å². The van der Waals surface area contributed by atoms with Crippen LogP contribution in [0, 0.1) is 11.8 Å². The minimum absolute atomic E-state index is 0.0197. The fourth-order valence-electron chi connectivity index (χ4n) is 5.33. The van der Waals surface area contributed by atoms with E-state index in [4.69, 9.17) is 4.84 Å². The van der Waals surface area contributed by atoms with Crippen molar-refractivity contribution in [3.8, 4) is 0 Å². The molecule has 9 heteroatoms. The van der Waals surface area contributed by atoms with Gasteiger partial charge in [-0.15, -0.1) is 0 Å². The fraction of sp³-hybridized carbons (Fsp3) is 0.909. The van der Waals surface area contributed by atoms with E-state index < -0.39 is 9.84 Å². The van der Waals surface area contributed by atoms with Crippen molar-refractivity contribution < 1.29 is 22.8 Å². The van der Waals surface area contributed by atoms with Crippen molar-refractivity contribution >= 4 is 21.7 Å². The van der Waals surface area contributed by atoms with Crippen molar-refractivity contribution in [3.63, 3.8) is 0 Å². The smallest absolute Gasteiger partial charge is 0.226 e. The van der Waals surface area contributed by atoms with Crippen LogP contribution >= 0.6 is 0 Å². The van der Waals surface area contributed by atoms with Crippen molar-refractivity contribution in [2.45, 2.75) is 95.5 Å². The third-order valence-electron chi connectivity index (χ3n) is 7.33. The molecule has 0 aromatic carbocycles. The third-order valence-corrected chi connectivity index (χ3v) is 9.62. The van der Waals surface area contributed by atoms with Gasteiger partial charge in [0, 0.05) is 37.1 Å². The van der Waals surface area contributed by atoms with Crippen LogP contribution in [0.4, 0.5) is 0 Å². The second kappa shape index (κ2) is 11.1. The van der Waals surface area contributed by atoms with E-state index in [1.54, 1.807) is 6.92 Å². The predicted molar refractivity (Wildman–Crippen MR) is 119 cm³/mol. The van der Waals surface area contributed by atoms with Crippen molar-refractivity contribution in [1.82, 2.24) is 15.7 Å². The summed E-state index contributed by atoms with van der Waals surface area (Å²) in [5.41, 5.74) is 2.93. The van der Waals surface area contributed by atoms with Crippen LogP contribution in [0.15, 0.2) is 0 Å². The molecular weight excluding hydrogens is 418 g/mol. The van der Waals surface area contributed by atoms with Crippen LogP contribution in [0.5, 0.6) is 0 Å². The molecule has 2 N–H and O–H groups in total. The highest BCUT2D eigenvalue weighted by Crippen LogP contribution is 2.31. The lowest BCUT2D eigenvalue weighted by Gasteiger charge is -2.34. The van der Waals surface area contributed by atoms with Gasteiger partial charge in [-0.3, -0.25) is 14.4 Å². The maximum atomic E-state index is 12.9. The average Bonchev–Trinajstić information content (AvgIpc) is 3.29. The number of sulfone groups is 1. The van der Waals surface area contributed by atoms with Gasteiger partial charge < -0.3 is 10.2 Å². The van der Waals surface area contributed by atoms with E-state index in [2.05, 4.69) is 10.8 Å². The highest BCUT2D eigenvalue weighted by molar-refractivity contribution is 7.92. The first-order valence-electron chi connectivity index (χ1n) is 12.0. The van der Waals surface area contributed by atoms with Crippen LogP contribution < -0.4 is 10.8 Å². The van der Waals surface area contributed by atoms with E-state index in [0.29, 0.717) is 32.4 Å². The number of carbonyl (C=O) groups excluding carboxylic acids is 2. The molecule has 0 aromatic heterocycles. The van der Waals surface area contributed by atoms with E-state index >= 15 is 0 Å². The number of rotatable bonds is 8. The quantitative estimate of drug-likeness (QED) is 0.579. The molecule has 0 radical (unpaired) electrons. The van der Waals surface area contributed by atoms with Crippen molar-refractivity contribution in [2.24, 2.45) is 11.8 Å². The molecule has 2 amide bonds. The Hall–Kier alpha value is -1.19. The minimum Gasteiger partial charge on any atom is -0.353 e. The van der Waals surface area contributed by atoms with Crippen LogP contribution in [0.25, 0.3) is 0 Å². The summed E-state index contributed by atoms with van der Waals surface area (Å²) in [6.45, 7) is 4.99. The van der Waals surface area contributed by atoms with Gasteiger partial charge in [0.1, 0.15) is 6.17 Å². The molecule has 1 saturated heterocycles. The molecule has 1 atom stereocenters. The summed E-state index contributed by atoms with van der Waals surface area (Å²) in [6.07, 6.45) is 7.50. The molecule has 2 saturated carbocycles. The molecule has 1 unspecified atom stereocenters. The molecule has 3 rings (SSSR count). The van der Waals surface area contributed by atoms with Gasteiger partial charge in [-0.2, -0.15) is 5.48 Å². The molecule has 0 aromatic rings. The second-order valence-electron chi connectivity index (χ2n) is 9.31. The molecule has 1 aliphatic heterocycles. The van der Waals surface area contributed by atoms with E-state index in [0.717, 1.165) is 44.9 Å². The molecule has 2 aliphatic carbocycles. The number of carbonyl (C=O) groups is 2. The Balaban J connectivity index is 1.38. The maximum Gasteiger partial charge on any atom is 0.226 e. The molecule has 178 valence electrons. The summed E-state index contributed by atoms with van der Waals surface area (Å²) >= 11 is 0. The van der Waals surface area contributed by atoms with Gasteiger partial charge in [0.2, 0.25) is 11.8 Å². The number of hydrogen-bond acceptors (Lipinski definition) is 6. The fourth-order valence-corrected chi connectivity index (χ4v) is 6.79. The van der Waals surface area contributed by atoms with E-state index in [1.807, 2.05) is 11.8 Å². The van der Waals surface area contributed by atoms with Crippen LogP contribution in [0.3, 0.4) is 0 Å². The normalized spacial score (nSPS) is 31.9. The Morgan fingerprint density at radius 3 is 2.23 bits per heavy atom. The average molecular weight is 458 g/mol. The Labute approximate surface area is 186 Å². The van der Waals surface area contributed by atoms with Crippen LogP contribution in [-0.2, 0) is 24.3 Å². The van der Waals surface area contributed by atoms with E-state index in [-0.39, 0.29) is 46.9 Å². The molecule has 0 spiro atoms. The largest absolute Gasteiger partial charge is 0.353 e. The van der Waals surface area contributed by atoms with Crippen LogP contribution in [0.1, 0.15) is 78.1 Å². The molecule has 8 nitrogen and oxygen atoms in total. The van der Waals surface area contributed by atoms with Crippen LogP contribution in [-0.4, -0.2) is 61.5 Å². The zero-order valence-corrected chi connectivity index (χ0v) is 19.8. The summed E-state index contributed by atoms with van der Waals surface area (Å²) < 4.78 is 24.1. The summed E-state index contributed by atoms with van der Waals surface area (Å²) in [5, 5.41) is 2.94. The summed E-state index contributed by atoms with van der Waals surface area (Å²) in [6, 6.07) is 0.136. The first-order valence-corrected chi connectivity index (χ1v) is 13.7. The predicted octanol–water partition coefficient (Wildman–Crippen LogP) is 2.14. The molecule has 31 heavy (non-hydrogen) atoms. The first kappa shape index (κ1) is 24.5. The van der Waals surface area contributed by atoms with Gasteiger partial charge in [-0.25, -0.2) is 8.42 Å². The molecule has 3 aliphatic rings. The minimum atomic E-state index is -2.96. The Kier molecular flexibility index (Phi) is 8.75. The number of hydrogen-bond donors (Lipinski definition) is 2. The van der Waals surface area contributed by atoms with Gasteiger partial charge in [0.15, 0.2) is 9.84 Å². The van der Waals surface area contributed by atoms with Gasteiger partial charge in [0.05, 0.1) is 11.9 Å². The van der Waals surface area contributed by atoms with Crippen molar-refractivity contribution in [1.29, 1.82) is 0 Å². The Bertz CT molecular complexity index is 707. The van der Waals surface area contributed by atoms with Gasteiger partial charge in [0.25, 0.3) is 0 Å². The molecule has 1 heterocycles. The number of nitrogens with one attached hydrogen (secondary N) is 2. The highest BCUT2D eigenvalue weighted by Gasteiger charge is 2.34. The lowest BCUT2D eigenvalue weighted by atomic mass is 9.84. The number of hydroxylamine groups is 1. The van der Waals surface area contributed by atoms with Gasteiger partial charge >= 0.3 is 0 Å². The number of nitrogens with zero attached hydrogens (tertiary/aromatic N) is 1. The lowest BCUT2D eigenvalue weighted by molar-refractivity contribution is -0.140. The molecular formula is C22H39N3O5S. The standard InChI is InChI=1S/C22H39N3O5S/c1-3-25(20-13-14-30-24-20)22(27)17-7-9-18(10-8-17)23-21(26)15-16-5-11-19(12-6-16)31(28,29)4-2/h16-20,24H,3-15H2,1-2H3,(H,23,26). The van der Waals surface area contributed by atoms with Crippen molar-refractivity contribution in [2.75, 3.05) is 18.9 Å². The summed E-state index contributed by atoms with van der Waals surface area (Å²) in [7, 11) is -2.96. The topological polar surface area (TPSA) is 105 Å². The Morgan fingerprint density at radius 1 is 1.00 bits per heavy atom. The van der Waals surface area contributed by atoms with Crippen molar-refractivity contribution in [3.05, 3.63) is 0 Å². The maximum absolute atomic E-state index is 12.9. The lowest BCUT2D eigenvalue weighted by Crippen LogP contribution is -2.49. The Morgan fingerprint density at radius 2 is 1.68 bits per heavy atom. The van der Waals surface area contributed by atoms with E-state index in [1.165, 1.54) is 0 Å². The monoisotopic (exact) mass is 457 g/mol. The zero-order valence-electron chi connectivity index (χ0n) is 19.0. The van der Waals surface area contributed by atoms with Crippen LogP contribution in [0.2, 0.25) is 0 Å². The summed E-state index contributed by atoms with van der Waals surface area (Å²) in [4.78, 5) is 32.5. The zero-order chi connectivity index (χ0) is 22.4. The SMILES string of the molecule is CCN(C(=O)C1CCC(NC(=O)CC2CCC(S(=O)(=O)CC)CC2)CC1)C1CCON1.